The molecule has 2 rings (SSSR count). The quantitative estimate of drug-likeness (QED) is 0.724. The summed E-state index contributed by atoms with van der Waals surface area (Å²) >= 11 is 0. The molecule has 1 aromatic rings. The second kappa shape index (κ2) is 5.47. The van der Waals surface area contributed by atoms with Crippen molar-refractivity contribution in [3.8, 4) is 0 Å². The lowest BCUT2D eigenvalue weighted by atomic mass is 9.98. The van der Waals surface area contributed by atoms with Gasteiger partial charge in [0.2, 0.25) is 11.8 Å². The minimum Gasteiger partial charge on any atom is -0.477 e. The van der Waals surface area contributed by atoms with Crippen molar-refractivity contribution in [2.45, 2.75) is 12.8 Å². The van der Waals surface area contributed by atoms with Crippen molar-refractivity contribution in [2.75, 3.05) is 11.9 Å². The lowest BCUT2D eigenvalue weighted by Gasteiger charge is -2.21. The van der Waals surface area contributed by atoms with Crippen LogP contribution in [-0.4, -0.2) is 34.4 Å². The molecule has 0 aromatic carbocycles. The Morgan fingerprint density at radius 1 is 1.47 bits per heavy atom. The molecular formula is C12H13N3O4. The molecular weight excluding hydrogens is 250 g/mol. The summed E-state index contributed by atoms with van der Waals surface area (Å²) in [7, 11) is 0. The molecule has 1 saturated heterocycles. The summed E-state index contributed by atoms with van der Waals surface area (Å²) < 4.78 is 0. The normalized spacial score (nSPS) is 18.5. The number of aromatic nitrogens is 1. The molecule has 1 aliphatic rings. The lowest BCUT2D eigenvalue weighted by molar-refractivity contribution is -0.126. The van der Waals surface area contributed by atoms with E-state index in [2.05, 4.69) is 15.6 Å². The number of carboxylic acids is 1. The number of carbonyl (C=O) groups excluding carboxylic acids is 2. The van der Waals surface area contributed by atoms with E-state index in [0.717, 1.165) is 0 Å². The van der Waals surface area contributed by atoms with Crippen LogP contribution in [0.15, 0.2) is 18.3 Å². The van der Waals surface area contributed by atoms with Gasteiger partial charge < -0.3 is 15.7 Å². The number of rotatable bonds is 3. The van der Waals surface area contributed by atoms with E-state index in [4.69, 9.17) is 5.11 Å². The van der Waals surface area contributed by atoms with Crippen molar-refractivity contribution in [3.63, 3.8) is 0 Å². The SMILES string of the molecule is O=C1CCC(C(=O)Nc2ccnc(C(=O)O)c2)CN1. The largest absolute Gasteiger partial charge is 0.477 e. The molecule has 0 radical (unpaired) electrons. The van der Waals surface area contributed by atoms with Gasteiger partial charge in [0.05, 0.1) is 5.92 Å². The van der Waals surface area contributed by atoms with Crippen LogP contribution in [0.2, 0.25) is 0 Å². The third-order valence-corrected chi connectivity index (χ3v) is 2.88. The van der Waals surface area contributed by atoms with Crippen LogP contribution in [0, 0.1) is 5.92 Å². The van der Waals surface area contributed by atoms with Gasteiger partial charge in [-0.3, -0.25) is 9.59 Å². The maximum absolute atomic E-state index is 11.9. The third kappa shape index (κ3) is 3.27. The van der Waals surface area contributed by atoms with Gasteiger partial charge in [0.1, 0.15) is 5.69 Å². The first kappa shape index (κ1) is 13.0. The fourth-order valence-electron chi connectivity index (χ4n) is 1.83. The van der Waals surface area contributed by atoms with Gasteiger partial charge in [-0.25, -0.2) is 9.78 Å². The fraction of sp³-hybridized carbons (Fsp3) is 0.333. The van der Waals surface area contributed by atoms with Crippen LogP contribution in [0.5, 0.6) is 0 Å². The molecule has 2 amide bonds. The standard InChI is InChI=1S/C12H13N3O4/c16-10-2-1-7(6-14-10)11(17)15-8-3-4-13-9(5-8)12(18)19/h3-5,7H,1-2,6H2,(H,14,16)(H,18,19)(H,13,15,17). The number of nitrogens with one attached hydrogen (secondary N) is 2. The number of amides is 2. The van der Waals surface area contributed by atoms with Gasteiger partial charge >= 0.3 is 5.97 Å². The zero-order valence-corrected chi connectivity index (χ0v) is 10.0. The number of carbonyl (C=O) groups is 3. The number of hydrogen-bond donors (Lipinski definition) is 3. The molecule has 1 aliphatic heterocycles. The van der Waals surface area contributed by atoms with Gasteiger partial charge in [0, 0.05) is 24.8 Å². The van der Waals surface area contributed by atoms with Crippen molar-refractivity contribution in [2.24, 2.45) is 5.92 Å². The summed E-state index contributed by atoms with van der Waals surface area (Å²) in [6.45, 7) is 0.307. The van der Waals surface area contributed by atoms with Crippen molar-refractivity contribution >= 4 is 23.5 Å². The second-order valence-corrected chi connectivity index (χ2v) is 4.26. The summed E-state index contributed by atoms with van der Waals surface area (Å²) in [6.07, 6.45) is 2.14. The Hall–Kier alpha value is -2.44. The van der Waals surface area contributed by atoms with E-state index in [1.165, 1.54) is 18.3 Å². The number of nitrogens with zero attached hydrogens (tertiary/aromatic N) is 1. The number of piperidine rings is 1. The van der Waals surface area contributed by atoms with E-state index in [0.29, 0.717) is 25.1 Å². The summed E-state index contributed by atoms with van der Waals surface area (Å²) in [4.78, 5) is 37.3. The zero-order valence-electron chi connectivity index (χ0n) is 10.0. The summed E-state index contributed by atoms with van der Waals surface area (Å²) in [5.41, 5.74) is 0.254. The van der Waals surface area contributed by atoms with Crippen LogP contribution in [0.3, 0.4) is 0 Å². The number of aromatic carboxylic acids is 1. The van der Waals surface area contributed by atoms with Crippen LogP contribution in [0.4, 0.5) is 5.69 Å². The molecule has 19 heavy (non-hydrogen) atoms. The number of pyridine rings is 1. The van der Waals surface area contributed by atoms with Gasteiger partial charge in [0.25, 0.3) is 0 Å². The van der Waals surface area contributed by atoms with Crippen molar-refractivity contribution in [1.82, 2.24) is 10.3 Å². The van der Waals surface area contributed by atoms with Crippen LogP contribution in [0.1, 0.15) is 23.3 Å². The predicted molar refractivity (Wildman–Crippen MR) is 65.6 cm³/mol. The topological polar surface area (TPSA) is 108 Å². The molecule has 1 atom stereocenters. The van der Waals surface area contributed by atoms with E-state index in [1.807, 2.05) is 0 Å². The zero-order chi connectivity index (χ0) is 13.8. The summed E-state index contributed by atoms with van der Waals surface area (Å²) in [5, 5.41) is 14.0. The van der Waals surface area contributed by atoms with E-state index in [-0.39, 0.29) is 23.4 Å². The lowest BCUT2D eigenvalue weighted by Crippen LogP contribution is -2.40. The molecule has 1 aromatic heterocycles. The van der Waals surface area contributed by atoms with Gasteiger partial charge in [-0.05, 0) is 18.6 Å². The minimum atomic E-state index is -1.15. The molecule has 2 heterocycles. The van der Waals surface area contributed by atoms with Crippen molar-refractivity contribution in [3.05, 3.63) is 24.0 Å². The first-order valence-electron chi connectivity index (χ1n) is 5.83. The van der Waals surface area contributed by atoms with Gasteiger partial charge in [-0.2, -0.15) is 0 Å². The van der Waals surface area contributed by atoms with E-state index in [1.54, 1.807) is 0 Å². The number of anilines is 1. The highest BCUT2D eigenvalue weighted by molar-refractivity contribution is 5.95. The third-order valence-electron chi connectivity index (χ3n) is 2.88. The molecule has 3 N–H and O–H groups in total. The first-order chi connectivity index (χ1) is 9.06. The molecule has 7 nitrogen and oxygen atoms in total. The average Bonchev–Trinajstić information content (AvgIpc) is 2.39. The van der Waals surface area contributed by atoms with E-state index >= 15 is 0 Å². The van der Waals surface area contributed by atoms with E-state index < -0.39 is 5.97 Å². The molecule has 1 fully saturated rings. The molecule has 100 valence electrons. The number of carboxylic acid groups (broad SMARTS) is 1. The van der Waals surface area contributed by atoms with Crippen LogP contribution in [0.25, 0.3) is 0 Å². The Bertz CT molecular complexity index is 519. The fourth-order valence-corrected chi connectivity index (χ4v) is 1.83. The Labute approximate surface area is 109 Å². The maximum atomic E-state index is 11.9. The van der Waals surface area contributed by atoms with Gasteiger partial charge in [0.15, 0.2) is 0 Å². The monoisotopic (exact) mass is 263 g/mol. The van der Waals surface area contributed by atoms with Gasteiger partial charge in [-0.1, -0.05) is 0 Å². The Kier molecular flexibility index (Phi) is 3.74. The van der Waals surface area contributed by atoms with Crippen LogP contribution < -0.4 is 10.6 Å². The Balaban J connectivity index is 2.00. The number of hydrogen-bond acceptors (Lipinski definition) is 4. The smallest absolute Gasteiger partial charge is 0.354 e. The van der Waals surface area contributed by atoms with E-state index in [9.17, 15) is 14.4 Å². The molecule has 0 bridgehead atoms. The maximum Gasteiger partial charge on any atom is 0.354 e. The highest BCUT2D eigenvalue weighted by Gasteiger charge is 2.24. The molecule has 1 unspecified atom stereocenters. The molecule has 0 aliphatic carbocycles. The second-order valence-electron chi connectivity index (χ2n) is 4.26. The summed E-state index contributed by atoms with van der Waals surface area (Å²) in [6, 6.07) is 2.81. The average molecular weight is 263 g/mol. The summed E-state index contributed by atoms with van der Waals surface area (Å²) in [5.74, 6) is -1.73. The molecule has 0 saturated carbocycles. The Morgan fingerprint density at radius 2 is 2.26 bits per heavy atom. The highest BCUT2D eigenvalue weighted by atomic mass is 16.4. The highest BCUT2D eigenvalue weighted by Crippen LogP contribution is 2.15. The van der Waals surface area contributed by atoms with Crippen molar-refractivity contribution in [1.29, 1.82) is 0 Å². The Morgan fingerprint density at radius 3 is 2.89 bits per heavy atom. The van der Waals surface area contributed by atoms with Crippen molar-refractivity contribution < 1.29 is 19.5 Å². The molecule has 7 heteroatoms. The van der Waals surface area contributed by atoms with Crippen LogP contribution >= 0.6 is 0 Å². The predicted octanol–water partition coefficient (Wildman–Crippen LogP) is 0.244. The van der Waals surface area contributed by atoms with Crippen LogP contribution in [-0.2, 0) is 9.59 Å². The minimum absolute atomic E-state index is 0.0545. The first-order valence-corrected chi connectivity index (χ1v) is 5.83. The van der Waals surface area contributed by atoms with Gasteiger partial charge in [-0.15, -0.1) is 0 Å². The molecule has 0 spiro atoms.